The van der Waals surface area contributed by atoms with Gasteiger partial charge < -0.3 is 5.73 Å². The van der Waals surface area contributed by atoms with Gasteiger partial charge in [-0.3, -0.25) is 0 Å². The van der Waals surface area contributed by atoms with Crippen molar-refractivity contribution in [3.05, 3.63) is 16.6 Å². The summed E-state index contributed by atoms with van der Waals surface area (Å²) in [6, 6.07) is 0. The number of rotatable bonds is 4. The Morgan fingerprint density at radius 3 is 2.92 bits per heavy atom. The molecule has 2 nitrogen and oxygen atoms in total. The van der Waals surface area contributed by atoms with Gasteiger partial charge in [0.1, 0.15) is 0 Å². The summed E-state index contributed by atoms with van der Waals surface area (Å²) in [4.78, 5) is 4.19. The van der Waals surface area contributed by atoms with Crippen LogP contribution in [-0.2, 0) is 5.75 Å². The number of nitrogens with two attached hydrogens (primary N) is 1. The van der Waals surface area contributed by atoms with Crippen LogP contribution in [0.4, 0.5) is 0 Å². The van der Waals surface area contributed by atoms with Crippen LogP contribution in [0.15, 0.2) is 10.9 Å². The van der Waals surface area contributed by atoms with E-state index in [-0.39, 0.29) is 5.54 Å². The van der Waals surface area contributed by atoms with Crippen LogP contribution in [0.25, 0.3) is 0 Å². The summed E-state index contributed by atoms with van der Waals surface area (Å²) in [6.07, 6.45) is 0. The topological polar surface area (TPSA) is 38.9 Å². The van der Waals surface area contributed by atoms with Crippen molar-refractivity contribution in [2.24, 2.45) is 5.73 Å². The molecule has 0 aliphatic heterocycles. The Morgan fingerprint density at radius 1 is 1.67 bits per heavy atom. The Balaban J connectivity index is 2.20. The van der Waals surface area contributed by atoms with Gasteiger partial charge in [0.25, 0.3) is 0 Å². The van der Waals surface area contributed by atoms with Crippen LogP contribution in [0, 0.1) is 0 Å². The second kappa shape index (κ2) is 4.25. The highest BCUT2D eigenvalue weighted by molar-refractivity contribution is 7.98. The molecule has 0 saturated heterocycles. The van der Waals surface area contributed by atoms with Crippen molar-refractivity contribution in [3.63, 3.8) is 0 Å². The maximum absolute atomic E-state index is 5.84. The molecule has 0 radical (unpaired) electrons. The number of aromatic nitrogens is 1. The normalized spacial score (nSPS) is 11.9. The fourth-order valence-corrected chi connectivity index (χ4v) is 2.39. The molecule has 4 heteroatoms. The number of thiazole rings is 1. The molecule has 0 spiro atoms. The van der Waals surface area contributed by atoms with E-state index < -0.39 is 0 Å². The van der Waals surface area contributed by atoms with E-state index in [1.165, 1.54) is 0 Å². The Bertz CT molecular complexity index is 213. The fourth-order valence-electron chi connectivity index (χ4n) is 0.727. The van der Waals surface area contributed by atoms with Crippen molar-refractivity contribution in [2.45, 2.75) is 25.1 Å². The predicted octanol–water partition coefficient (Wildman–Crippen LogP) is 2.11. The molecule has 12 heavy (non-hydrogen) atoms. The zero-order valence-electron chi connectivity index (χ0n) is 7.41. The fraction of sp³-hybridized carbons (Fsp3) is 0.625. The molecule has 68 valence electrons. The van der Waals surface area contributed by atoms with Gasteiger partial charge in [0.2, 0.25) is 0 Å². The van der Waals surface area contributed by atoms with E-state index in [9.17, 15) is 0 Å². The maximum Gasteiger partial charge on any atom is 0.0795 e. The van der Waals surface area contributed by atoms with Crippen molar-refractivity contribution < 1.29 is 0 Å². The molecular formula is C8H14N2S2. The Hall–Kier alpha value is -0.0600. The molecule has 0 fully saturated rings. The zero-order chi connectivity index (χ0) is 9.03. The second-order valence-corrected chi connectivity index (χ2v) is 5.17. The van der Waals surface area contributed by atoms with E-state index in [0.717, 1.165) is 17.2 Å². The highest BCUT2D eigenvalue weighted by Crippen LogP contribution is 2.15. The minimum Gasteiger partial charge on any atom is -0.325 e. The first-order chi connectivity index (χ1) is 5.58. The van der Waals surface area contributed by atoms with Gasteiger partial charge in [-0.15, -0.1) is 11.3 Å². The Kier molecular flexibility index (Phi) is 3.55. The van der Waals surface area contributed by atoms with E-state index in [1.54, 1.807) is 11.3 Å². The zero-order valence-corrected chi connectivity index (χ0v) is 9.04. The van der Waals surface area contributed by atoms with Crippen molar-refractivity contribution in [1.29, 1.82) is 0 Å². The third-order valence-corrected chi connectivity index (χ3v) is 3.29. The molecule has 1 aromatic heterocycles. The molecule has 0 amide bonds. The number of hydrogen-bond acceptors (Lipinski definition) is 4. The van der Waals surface area contributed by atoms with Crippen LogP contribution in [-0.4, -0.2) is 16.3 Å². The SMILES string of the molecule is CC(C)(N)CSCc1cscn1. The lowest BCUT2D eigenvalue weighted by Gasteiger charge is -2.16. The lowest BCUT2D eigenvalue weighted by Crippen LogP contribution is -2.34. The summed E-state index contributed by atoms with van der Waals surface area (Å²) in [6.45, 7) is 4.09. The number of hydrogen-bond donors (Lipinski definition) is 1. The first kappa shape index (κ1) is 10.0. The van der Waals surface area contributed by atoms with E-state index in [1.807, 2.05) is 31.1 Å². The summed E-state index contributed by atoms with van der Waals surface area (Å²) in [5.74, 6) is 1.95. The van der Waals surface area contributed by atoms with Crippen LogP contribution in [0.5, 0.6) is 0 Å². The van der Waals surface area contributed by atoms with Gasteiger partial charge in [0.15, 0.2) is 0 Å². The molecule has 0 aliphatic carbocycles. The monoisotopic (exact) mass is 202 g/mol. The molecule has 1 rings (SSSR count). The largest absolute Gasteiger partial charge is 0.325 e. The van der Waals surface area contributed by atoms with Gasteiger partial charge in [-0.1, -0.05) is 0 Å². The number of thioether (sulfide) groups is 1. The van der Waals surface area contributed by atoms with E-state index in [0.29, 0.717) is 0 Å². The summed E-state index contributed by atoms with van der Waals surface area (Å²) >= 11 is 3.48. The van der Waals surface area contributed by atoms with Crippen molar-refractivity contribution in [1.82, 2.24) is 4.98 Å². The second-order valence-electron chi connectivity index (χ2n) is 3.46. The highest BCUT2D eigenvalue weighted by Gasteiger charge is 2.10. The van der Waals surface area contributed by atoms with E-state index in [2.05, 4.69) is 10.4 Å². The van der Waals surface area contributed by atoms with Crippen LogP contribution in [0.2, 0.25) is 0 Å². The summed E-state index contributed by atoms with van der Waals surface area (Å²) in [7, 11) is 0. The molecule has 0 atom stereocenters. The smallest absolute Gasteiger partial charge is 0.0795 e. The quantitative estimate of drug-likeness (QED) is 0.813. The van der Waals surface area contributed by atoms with Gasteiger partial charge in [0, 0.05) is 22.4 Å². The molecule has 1 heterocycles. The Morgan fingerprint density at radius 2 is 2.42 bits per heavy atom. The average molecular weight is 202 g/mol. The molecule has 0 unspecified atom stereocenters. The predicted molar refractivity (Wildman–Crippen MR) is 56.5 cm³/mol. The first-order valence-corrected chi connectivity index (χ1v) is 5.91. The third-order valence-electron chi connectivity index (χ3n) is 1.21. The first-order valence-electron chi connectivity index (χ1n) is 3.82. The van der Waals surface area contributed by atoms with Crippen LogP contribution >= 0.6 is 23.1 Å². The van der Waals surface area contributed by atoms with E-state index >= 15 is 0 Å². The summed E-state index contributed by atoms with van der Waals surface area (Å²) in [5.41, 5.74) is 8.79. The maximum atomic E-state index is 5.84. The van der Waals surface area contributed by atoms with E-state index in [4.69, 9.17) is 5.73 Å². The lowest BCUT2D eigenvalue weighted by atomic mass is 10.1. The van der Waals surface area contributed by atoms with Crippen molar-refractivity contribution >= 4 is 23.1 Å². The van der Waals surface area contributed by atoms with Gasteiger partial charge in [-0.25, -0.2) is 4.98 Å². The minimum atomic E-state index is -0.0688. The van der Waals surface area contributed by atoms with Crippen molar-refractivity contribution in [3.8, 4) is 0 Å². The highest BCUT2D eigenvalue weighted by atomic mass is 32.2. The average Bonchev–Trinajstić information content (AvgIpc) is 2.36. The standard InChI is InChI=1S/C8H14N2S2/c1-8(2,9)5-11-3-7-4-12-6-10-7/h4,6H,3,5,9H2,1-2H3. The molecule has 0 saturated carbocycles. The number of nitrogens with zero attached hydrogens (tertiary/aromatic N) is 1. The van der Waals surface area contributed by atoms with Crippen LogP contribution in [0.1, 0.15) is 19.5 Å². The van der Waals surface area contributed by atoms with Gasteiger partial charge in [-0.05, 0) is 13.8 Å². The van der Waals surface area contributed by atoms with Gasteiger partial charge in [-0.2, -0.15) is 11.8 Å². The van der Waals surface area contributed by atoms with Crippen LogP contribution < -0.4 is 5.73 Å². The summed E-state index contributed by atoms with van der Waals surface area (Å²) < 4.78 is 0. The molecule has 0 aromatic carbocycles. The minimum absolute atomic E-state index is 0.0688. The molecular weight excluding hydrogens is 188 g/mol. The molecule has 0 aliphatic rings. The Labute approximate surface area is 81.6 Å². The third kappa shape index (κ3) is 4.09. The van der Waals surface area contributed by atoms with Crippen LogP contribution in [0.3, 0.4) is 0 Å². The van der Waals surface area contributed by atoms with Crippen molar-refractivity contribution in [2.75, 3.05) is 5.75 Å². The molecule has 1 aromatic rings. The lowest BCUT2D eigenvalue weighted by molar-refractivity contribution is 0.591. The van der Waals surface area contributed by atoms with Gasteiger partial charge >= 0.3 is 0 Å². The van der Waals surface area contributed by atoms with Gasteiger partial charge in [0.05, 0.1) is 11.2 Å². The molecule has 2 N–H and O–H groups in total. The molecule has 0 bridgehead atoms. The summed E-state index contributed by atoms with van der Waals surface area (Å²) in [5, 5.41) is 2.08.